The topological polar surface area (TPSA) is 72.4 Å². The fraction of sp³-hybridized carbons (Fsp3) is 0.200. The van der Waals surface area contributed by atoms with Crippen molar-refractivity contribution in [2.75, 3.05) is 4.90 Å². The number of hydrogen-bond acceptors (Lipinski definition) is 6. The number of rotatable bonds is 5. The van der Waals surface area contributed by atoms with Crippen LogP contribution in [0.5, 0.6) is 0 Å². The van der Waals surface area contributed by atoms with E-state index in [-0.39, 0.29) is 18.2 Å². The number of benzene rings is 1. The molecule has 138 valence electrons. The SMILES string of the molecule is CC(=O)N(c1ccc(C)c(C)c1)c1nc(COC(=O)c2ccccn2)cs1. The number of aryl methyl sites for hydroxylation is 2. The highest BCUT2D eigenvalue weighted by molar-refractivity contribution is 7.14. The molecule has 6 nitrogen and oxygen atoms in total. The zero-order valence-corrected chi connectivity index (χ0v) is 16.1. The van der Waals surface area contributed by atoms with Crippen LogP contribution in [0.2, 0.25) is 0 Å². The summed E-state index contributed by atoms with van der Waals surface area (Å²) in [5.74, 6) is -0.646. The van der Waals surface area contributed by atoms with Crippen molar-refractivity contribution in [3.63, 3.8) is 0 Å². The fourth-order valence-corrected chi connectivity index (χ4v) is 3.33. The smallest absolute Gasteiger partial charge is 0.357 e. The van der Waals surface area contributed by atoms with Crippen molar-refractivity contribution in [1.29, 1.82) is 0 Å². The third-order valence-corrected chi connectivity index (χ3v) is 4.89. The van der Waals surface area contributed by atoms with Crippen molar-refractivity contribution in [2.45, 2.75) is 27.4 Å². The Labute approximate surface area is 161 Å². The number of aromatic nitrogens is 2. The summed E-state index contributed by atoms with van der Waals surface area (Å²) in [6.07, 6.45) is 1.53. The Morgan fingerprint density at radius 3 is 2.63 bits per heavy atom. The molecule has 0 saturated carbocycles. The molecule has 3 aromatic rings. The second-order valence-corrected chi connectivity index (χ2v) is 6.87. The maximum Gasteiger partial charge on any atom is 0.357 e. The molecule has 0 aliphatic carbocycles. The Morgan fingerprint density at radius 2 is 1.96 bits per heavy atom. The van der Waals surface area contributed by atoms with Gasteiger partial charge in [-0.1, -0.05) is 12.1 Å². The first-order valence-electron chi connectivity index (χ1n) is 8.36. The van der Waals surface area contributed by atoms with E-state index in [4.69, 9.17) is 4.74 Å². The third-order valence-electron chi connectivity index (χ3n) is 4.02. The van der Waals surface area contributed by atoms with Crippen LogP contribution in [0, 0.1) is 13.8 Å². The average molecular weight is 381 g/mol. The van der Waals surface area contributed by atoms with Crippen LogP contribution in [0.1, 0.15) is 34.2 Å². The van der Waals surface area contributed by atoms with Crippen molar-refractivity contribution in [3.05, 3.63) is 70.5 Å². The summed E-state index contributed by atoms with van der Waals surface area (Å²) < 4.78 is 5.25. The molecular weight excluding hydrogens is 362 g/mol. The highest BCUT2D eigenvalue weighted by Crippen LogP contribution is 2.30. The summed E-state index contributed by atoms with van der Waals surface area (Å²) in [5, 5.41) is 2.31. The molecule has 7 heteroatoms. The number of thiazole rings is 1. The summed E-state index contributed by atoms with van der Waals surface area (Å²) in [5.41, 5.74) is 3.84. The van der Waals surface area contributed by atoms with E-state index in [1.165, 1.54) is 24.5 Å². The largest absolute Gasteiger partial charge is 0.454 e. The van der Waals surface area contributed by atoms with Gasteiger partial charge >= 0.3 is 5.97 Å². The first kappa shape index (κ1) is 18.7. The van der Waals surface area contributed by atoms with Gasteiger partial charge in [-0.2, -0.15) is 0 Å². The quantitative estimate of drug-likeness (QED) is 0.620. The summed E-state index contributed by atoms with van der Waals surface area (Å²) in [6, 6.07) is 10.9. The normalized spacial score (nSPS) is 10.5. The lowest BCUT2D eigenvalue weighted by atomic mass is 10.1. The number of amides is 1. The van der Waals surface area contributed by atoms with Gasteiger partial charge in [0.25, 0.3) is 0 Å². The molecule has 0 atom stereocenters. The maximum absolute atomic E-state index is 12.2. The van der Waals surface area contributed by atoms with E-state index in [1.54, 1.807) is 28.5 Å². The second kappa shape index (κ2) is 8.09. The number of anilines is 2. The predicted molar refractivity (Wildman–Crippen MR) is 104 cm³/mol. The van der Waals surface area contributed by atoms with Gasteiger partial charge < -0.3 is 4.74 Å². The van der Waals surface area contributed by atoms with E-state index in [1.807, 2.05) is 32.0 Å². The van der Waals surface area contributed by atoms with Gasteiger partial charge in [-0.25, -0.2) is 14.8 Å². The minimum atomic E-state index is -0.511. The molecule has 2 heterocycles. The predicted octanol–water partition coefficient (Wildman–Crippen LogP) is 4.20. The van der Waals surface area contributed by atoms with Crippen LogP contribution in [0.15, 0.2) is 48.0 Å². The summed E-state index contributed by atoms with van der Waals surface area (Å²) >= 11 is 1.33. The molecule has 0 aliphatic heterocycles. The van der Waals surface area contributed by atoms with Gasteiger partial charge in [0.05, 0.1) is 11.4 Å². The van der Waals surface area contributed by atoms with Gasteiger partial charge in [-0.05, 0) is 49.2 Å². The van der Waals surface area contributed by atoms with Crippen molar-refractivity contribution < 1.29 is 14.3 Å². The standard InChI is InChI=1S/C20H19N3O3S/c1-13-7-8-17(10-14(13)2)23(15(3)24)20-22-16(12-27-20)11-26-19(25)18-6-4-5-9-21-18/h4-10,12H,11H2,1-3H3. The molecule has 3 rings (SSSR count). The van der Waals surface area contributed by atoms with E-state index in [0.717, 1.165) is 16.8 Å². The van der Waals surface area contributed by atoms with E-state index in [9.17, 15) is 9.59 Å². The lowest BCUT2D eigenvalue weighted by Crippen LogP contribution is -2.22. The first-order valence-corrected chi connectivity index (χ1v) is 9.24. The second-order valence-electron chi connectivity index (χ2n) is 6.04. The van der Waals surface area contributed by atoms with Crippen LogP contribution in [-0.2, 0) is 16.1 Å². The lowest BCUT2D eigenvalue weighted by Gasteiger charge is -2.19. The van der Waals surface area contributed by atoms with Gasteiger partial charge in [0, 0.05) is 18.5 Å². The number of carbonyl (C=O) groups excluding carboxylic acids is 2. The van der Waals surface area contributed by atoms with E-state index in [2.05, 4.69) is 9.97 Å². The van der Waals surface area contributed by atoms with Crippen LogP contribution in [-0.4, -0.2) is 21.8 Å². The average Bonchev–Trinajstić information content (AvgIpc) is 3.11. The molecule has 0 N–H and O–H groups in total. The Morgan fingerprint density at radius 1 is 1.15 bits per heavy atom. The number of hydrogen-bond donors (Lipinski definition) is 0. The minimum Gasteiger partial charge on any atom is -0.454 e. The molecule has 0 saturated heterocycles. The van der Waals surface area contributed by atoms with Crippen LogP contribution in [0.3, 0.4) is 0 Å². The monoisotopic (exact) mass is 381 g/mol. The number of carbonyl (C=O) groups is 2. The molecule has 0 aliphatic rings. The van der Waals surface area contributed by atoms with Crippen molar-refractivity contribution >= 4 is 34.0 Å². The molecule has 0 spiro atoms. The summed E-state index contributed by atoms with van der Waals surface area (Å²) in [6.45, 7) is 5.54. The van der Waals surface area contributed by atoms with Crippen LogP contribution in [0.4, 0.5) is 10.8 Å². The van der Waals surface area contributed by atoms with Gasteiger partial charge in [-0.3, -0.25) is 9.69 Å². The number of esters is 1. The Bertz CT molecular complexity index is 970. The third kappa shape index (κ3) is 4.38. The molecule has 0 unspecified atom stereocenters. The van der Waals surface area contributed by atoms with E-state index < -0.39 is 5.97 Å². The maximum atomic E-state index is 12.2. The molecule has 2 aromatic heterocycles. The molecule has 1 aromatic carbocycles. The molecule has 1 amide bonds. The summed E-state index contributed by atoms with van der Waals surface area (Å²) in [7, 11) is 0. The van der Waals surface area contributed by atoms with Crippen LogP contribution in [0.25, 0.3) is 0 Å². The molecule has 0 fully saturated rings. The number of pyridine rings is 1. The molecule has 0 bridgehead atoms. The Kier molecular flexibility index (Phi) is 5.61. The minimum absolute atomic E-state index is 0.0184. The highest BCUT2D eigenvalue weighted by atomic mass is 32.1. The van der Waals surface area contributed by atoms with Gasteiger partial charge in [-0.15, -0.1) is 11.3 Å². The van der Waals surface area contributed by atoms with E-state index >= 15 is 0 Å². The van der Waals surface area contributed by atoms with Gasteiger partial charge in [0.15, 0.2) is 5.13 Å². The number of ether oxygens (including phenoxy) is 1. The van der Waals surface area contributed by atoms with Crippen molar-refractivity contribution in [1.82, 2.24) is 9.97 Å². The number of nitrogens with zero attached hydrogens (tertiary/aromatic N) is 3. The lowest BCUT2D eigenvalue weighted by molar-refractivity contribution is -0.115. The van der Waals surface area contributed by atoms with Crippen molar-refractivity contribution in [2.24, 2.45) is 0 Å². The summed E-state index contributed by atoms with van der Waals surface area (Å²) in [4.78, 5) is 34.2. The zero-order valence-electron chi connectivity index (χ0n) is 15.3. The van der Waals surface area contributed by atoms with Gasteiger partial charge in [0.2, 0.25) is 5.91 Å². The molecule has 0 radical (unpaired) electrons. The fourth-order valence-electron chi connectivity index (χ4n) is 2.45. The Hall–Kier alpha value is -3.06. The highest BCUT2D eigenvalue weighted by Gasteiger charge is 2.19. The van der Waals surface area contributed by atoms with Gasteiger partial charge in [0.1, 0.15) is 12.3 Å². The van der Waals surface area contributed by atoms with Crippen molar-refractivity contribution in [3.8, 4) is 0 Å². The first-order chi connectivity index (χ1) is 13.0. The molecule has 27 heavy (non-hydrogen) atoms. The Balaban J connectivity index is 1.75. The zero-order chi connectivity index (χ0) is 19.4. The van der Waals surface area contributed by atoms with E-state index in [0.29, 0.717) is 10.8 Å². The van der Waals surface area contributed by atoms with Crippen LogP contribution >= 0.6 is 11.3 Å². The molecular formula is C20H19N3O3S. The van der Waals surface area contributed by atoms with Crippen LogP contribution < -0.4 is 4.90 Å².